The first-order chi connectivity index (χ1) is 10.9. The molecule has 1 rings (SSSR count). The fourth-order valence-electron chi connectivity index (χ4n) is 2.91. The van der Waals surface area contributed by atoms with Crippen molar-refractivity contribution in [1.29, 1.82) is 0 Å². The summed E-state index contributed by atoms with van der Waals surface area (Å²) in [5, 5.41) is 12.0. The Balaban J connectivity index is 2.42. The van der Waals surface area contributed by atoms with Crippen molar-refractivity contribution < 1.29 is 24.2 Å². The molecule has 1 saturated carbocycles. The predicted octanol–water partition coefficient (Wildman–Crippen LogP) is 2.89. The number of carbonyl (C=O) groups is 3. The van der Waals surface area contributed by atoms with Crippen LogP contribution in [0, 0.1) is 11.8 Å². The molecule has 0 spiro atoms. The van der Waals surface area contributed by atoms with Gasteiger partial charge in [0.2, 0.25) is 5.91 Å². The molecule has 0 unspecified atom stereocenters. The van der Waals surface area contributed by atoms with Gasteiger partial charge in [0.05, 0.1) is 5.92 Å². The summed E-state index contributed by atoms with van der Waals surface area (Å²) in [4.78, 5) is 35.2. The van der Waals surface area contributed by atoms with Gasteiger partial charge in [-0.1, -0.05) is 0 Å². The molecule has 24 heavy (non-hydrogen) atoms. The van der Waals surface area contributed by atoms with E-state index in [1.54, 1.807) is 0 Å². The molecule has 1 amide bonds. The van der Waals surface area contributed by atoms with Gasteiger partial charge in [0.15, 0.2) is 0 Å². The van der Waals surface area contributed by atoms with Crippen molar-refractivity contribution in [3.63, 3.8) is 0 Å². The number of carbonyl (C=O) groups excluding carboxylic acids is 2. The first kappa shape index (κ1) is 20.5. The number of hydrogen-bond acceptors (Lipinski definition) is 4. The van der Waals surface area contributed by atoms with E-state index in [4.69, 9.17) is 9.84 Å². The van der Waals surface area contributed by atoms with Gasteiger partial charge in [-0.15, -0.1) is 0 Å². The number of rotatable bonds is 6. The maximum atomic E-state index is 12.4. The number of ether oxygens (including phenoxy) is 1. The summed E-state index contributed by atoms with van der Waals surface area (Å²) in [6.07, 6.45) is 3.04. The number of amides is 1. The second-order valence-electron chi connectivity index (χ2n) is 8.35. The molecule has 0 radical (unpaired) electrons. The van der Waals surface area contributed by atoms with Crippen molar-refractivity contribution in [1.82, 2.24) is 5.32 Å². The zero-order chi connectivity index (χ0) is 18.5. The number of carboxylic acid groups (broad SMARTS) is 1. The van der Waals surface area contributed by atoms with E-state index in [0.717, 1.165) is 0 Å². The molecule has 0 bridgehead atoms. The third-order valence-electron chi connectivity index (χ3n) is 4.28. The standard InChI is InChI=1S/C18H31NO5/c1-17(2,3)24-14(20)10-11-18(4,5)19-15(21)12-6-8-13(9-7-12)16(22)23/h12-13H,6-11H2,1-5H3,(H,19,21)(H,22,23). The van der Waals surface area contributed by atoms with E-state index in [1.165, 1.54) is 0 Å². The van der Waals surface area contributed by atoms with Gasteiger partial charge in [0, 0.05) is 17.9 Å². The largest absolute Gasteiger partial charge is 0.481 e. The fraction of sp³-hybridized carbons (Fsp3) is 0.833. The van der Waals surface area contributed by atoms with Crippen LogP contribution in [0.3, 0.4) is 0 Å². The van der Waals surface area contributed by atoms with E-state index < -0.39 is 17.1 Å². The molecule has 138 valence electrons. The van der Waals surface area contributed by atoms with Gasteiger partial charge in [-0.2, -0.15) is 0 Å². The zero-order valence-corrected chi connectivity index (χ0v) is 15.5. The van der Waals surface area contributed by atoms with Crippen LogP contribution >= 0.6 is 0 Å². The molecule has 1 aliphatic carbocycles. The lowest BCUT2D eigenvalue weighted by Gasteiger charge is -2.31. The highest BCUT2D eigenvalue weighted by Gasteiger charge is 2.32. The SMILES string of the molecule is CC(C)(CCC(=O)OC(C)(C)C)NC(=O)C1CCC(C(=O)O)CC1. The summed E-state index contributed by atoms with van der Waals surface area (Å²) in [7, 11) is 0. The lowest BCUT2D eigenvalue weighted by Crippen LogP contribution is -2.47. The second kappa shape index (κ2) is 7.99. The van der Waals surface area contributed by atoms with Crippen LogP contribution in [0.25, 0.3) is 0 Å². The molecule has 0 atom stereocenters. The van der Waals surface area contributed by atoms with Crippen LogP contribution in [-0.2, 0) is 19.1 Å². The van der Waals surface area contributed by atoms with Crippen molar-refractivity contribution in [3.8, 4) is 0 Å². The van der Waals surface area contributed by atoms with Crippen molar-refractivity contribution in [2.24, 2.45) is 11.8 Å². The number of esters is 1. The van der Waals surface area contributed by atoms with Crippen molar-refractivity contribution >= 4 is 17.8 Å². The molecule has 0 heterocycles. The third-order valence-corrected chi connectivity index (χ3v) is 4.28. The minimum absolute atomic E-state index is 0.0481. The Kier molecular flexibility index (Phi) is 6.81. The van der Waals surface area contributed by atoms with Crippen LogP contribution in [0.1, 0.15) is 73.1 Å². The second-order valence-corrected chi connectivity index (χ2v) is 8.35. The highest BCUT2D eigenvalue weighted by atomic mass is 16.6. The first-order valence-corrected chi connectivity index (χ1v) is 8.66. The van der Waals surface area contributed by atoms with Crippen LogP contribution in [0.2, 0.25) is 0 Å². The lowest BCUT2D eigenvalue weighted by molar-refractivity contribution is -0.155. The minimum Gasteiger partial charge on any atom is -0.481 e. The predicted molar refractivity (Wildman–Crippen MR) is 90.4 cm³/mol. The summed E-state index contributed by atoms with van der Waals surface area (Å²) < 4.78 is 5.28. The van der Waals surface area contributed by atoms with Gasteiger partial charge >= 0.3 is 11.9 Å². The van der Waals surface area contributed by atoms with E-state index in [2.05, 4.69) is 5.32 Å². The highest BCUT2D eigenvalue weighted by molar-refractivity contribution is 5.80. The number of hydrogen-bond donors (Lipinski definition) is 2. The monoisotopic (exact) mass is 341 g/mol. The Morgan fingerprint density at radius 1 is 1.00 bits per heavy atom. The van der Waals surface area contributed by atoms with Crippen LogP contribution in [0.4, 0.5) is 0 Å². The van der Waals surface area contributed by atoms with Crippen LogP contribution in [-0.4, -0.2) is 34.1 Å². The molecule has 0 aromatic heterocycles. The van der Waals surface area contributed by atoms with Gasteiger partial charge < -0.3 is 15.2 Å². The number of carboxylic acids is 1. The summed E-state index contributed by atoms with van der Waals surface area (Å²) in [6.45, 7) is 9.25. The maximum absolute atomic E-state index is 12.4. The smallest absolute Gasteiger partial charge is 0.306 e. The van der Waals surface area contributed by atoms with Crippen molar-refractivity contribution in [3.05, 3.63) is 0 Å². The van der Waals surface area contributed by atoms with Gasteiger partial charge in [0.1, 0.15) is 5.60 Å². The van der Waals surface area contributed by atoms with E-state index in [0.29, 0.717) is 32.1 Å². The van der Waals surface area contributed by atoms with Crippen molar-refractivity contribution in [2.45, 2.75) is 84.3 Å². The Morgan fingerprint density at radius 3 is 1.96 bits per heavy atom. The van der Waals surface area contributed by atoms with Crippen LogP contribution in [0.15, 0.2) is 0 Å². The molecule has 6 nitrogen and oxygen atoms in total. The molecule has 6 heteroatoms. The summed E-state index contributed by atoms with van der Waals surface area (Å²) in [6, 6.07) is 0. The molecule has 1 aliphatic rings. The van der Waals surface area contributed by atoms with E-state index in [9.17, 15) is 14.4 Å². The molecule has 0 aromatic carbocycles. The average molecular weight is 341 g/mol. The molecule has 2 N–H and O–H groups in total. The third kappa shape index (κ3) is 7.32. The Hall–Kier alpha value is -1.59. The van der Waals surface area contributed by atoms with Crippen LogP contribution in [0.5, 0.6) is 0 Å². The Labute approximate surface area is 144 Å². The summed E-state index contributed by atoms with van der Waals surface area (Å²) in [5.74, 6) is -1.55. The first-order valence-electron chi connectivity index (χ1n) is 8.66. The normalized spacial score (nSPS) is 21.9. The zero-order valence-electron chi connectivity index (χ0n) is 15.5. The Morgan fingerprint density at radius 2 is 1.50 bits per heavy atom. The lowest BCUT2D eigenvalue weighted by atomic mass is 9.81. The molecular formula is C18H31NO5. The molecular weight excluding hydrogens is 310 g/mol. The average Bonchev–Trinajstić information content (AvgIpc) is 2.43. The van der Waals surface area contributed by atoms with Crippen LogP contribution < -0.4 is 5.32 Å². The van der Waals surface area contributed by atoms with E-state index in [-0.39, 0.29) is 30.1 Å². The van der Waals surface area contributed by atoms with E-state index >= 15 is 0 Å². The maximum Gasteiger partial charge on any atom is 0.306 e. The quantitative estimate of drug-likeness (QED) is 0.725. The molecule has 0 aliphatic heterocycles. The van der Waals surface area contributed by atoms with Gasteiger partial charge in [-0.05, 0) is 66.7 Å². The molecule has 0 saturated heterocycles. The topological polar surface area (TPSA) is 92.7 Å². The van der Waals surface area contributed by atoms with Gasteiger partial charge in [0.25, 0.3) is 0 Å². The molecule has 1 fully saturated rings. The summed E-state index contributed by atoms with van der Waals surface area (Å²) >= 11 is 0. The highest BCUT2D eigenvalue weighted by Crippen LogP contribution is 2.29. The summed E-state index contributed by atoms with van der Waals surface area (Å²) in [5.41, 5.74) is -1.01. The Bertz CT molecular complexity index is 470. The molecule has 0 aromatic rings. The fourth-order valence-corrected chi connectivity index (χ4v) is 2.91. The number of aliphatic carboxylic acids is 1. The van der Waals surface area contributed by atoms with Gasteiger partial charge in [-0.25, -0.2) is 0 Å². The van der Waals surface area contributed by atoms with Gasteiger partial charge in [-0.3, -0.25) is 14.4 Å². The minimum atomic E-state index is -0.772. The van der Waals surface area contributed by atoms with Crippen molar-refractivity contribution in [2.75, 3.05) is 0 Å². The van der Waals surface area contributed by atoms with E-state index in [1.807, 2.05) is 34.6 Å². The number of nitrogens with one attached hydrogen (secondary N) is 1.